The number of hydrogen-bond acceptors (Lipinski definition) is 5. The maximum atomic E-state index is 12.8. The minimum absolute atomic E-state index is 0.111. The second-order valence-corrected chi connectivity index (χ2v) is 4.68. The molecule has 1 heterocycles. The number of tetrazole rings is 1. The van der Waals surface area contributed by atoms with Gasteiger partial charge in [0.25, 0.3) is 5.82 Å². The zero-order chi connectivity index (χ0) is 15.0. The zero-order valence-electron chi connectivity index (χ0n) is 10.7. The van der Waals surface area contributed by atoms with E-state index in [0.717, 1.165) is 12.8 Å². The summed E-state index contributed by atoms with van der Waals surface area (Å²) in [6.07, 6.45) is -2.65. The molecule has 1 aliphatic rings. The molecule has 0 radical (unpaired) electrons. The van der Waals surface area contributed by atoms with Crippen molar-refractivity contribution in [2.24, 2.45) is 0 Å². The molecule has 1 fully saturated rings. The van der Waals surface area contributed by atoms with E-state index >= 15 is 0 Å². The Morgan fingerprint density at radius 2 is 2.10 bits per heavy atom. The van der Waals surface area contributed by atoms with Crippen LogP contribution in [0.3, 0.4) is 0 Å². The minimum atomic E-state index is -4.66. The summed E-state index contributed by atoms with van der Waals surface area (Å²) >= 11 is 0. The molecule has 1 aliphatic carbocycles. The molecule has 112 valence electrons. The van der Waals surface area contributed by atoms with Crippen molar-refractivity contribution in [1.29, 1.82) is 0 Å². The lowest BCUT2D eigenvalue weighted by Gasteiger charge is -2.12. The molecule has 0 atom stereocenters. The summed E-state index contributed by atoms with van der Waals surface area (Å²) in [6, 6.07) is 4.31. The van der Waals surface area contributed by atoms with E-state index in [4.69, 9.17) is 4.74 Å². The summed E-state index contributed by atoms with van der Waals surface area (Å²) < 4.78 is 44.5. The number of halogens is 3. The summed E-state index contributed by atoms with van der Waals surface area (Å²) in [7, 11) is 0. The Labute approximate surface area is 117 Å². The number of hydrogen-bond donors (Lipinski definition) is 1. The largest absolute Gasteiger partial charge is 0.490 e. The van der Waals surface area contributed by atoms with E-state index in [1.807, 2.05) is 0 Å². The van der Waals surface area contributed by atoms with Crippen LogP contribution in [0.1, 0.15) is 24.2 Å². The smallest absolute Gasteiger partial charge is 0.453 e. The fraction of sp³-hybridized carbons (Fsp3) is 0.417. The first-order valence-electron chi connectivity index (χ1n) is 6.25. The van der Waals surface area contributed by atoms with Crippen LogP contribution in [0.15, 0.2) is 18.2 Å². The molecule has 1 N–H and O–H groups in total. The Bertz CT molecular complexity index is 652. The predicted molar refractivity (Wildman–Crippen MR) is 63.7 cm³/mol. The van der Waals surface area contributed by atoms with Gasteiger partial charge in [0.2, 0.25) is 0 Å². The Morgan fingerprint density at radius 1 is 1.33 bits per heavy atom. The molecule has 0 spiro atoms. The standard InChI is InChI=1S/C12H11F3N4O2/c13-12(14,15)11-16-17-18-19(11)8-1-4-10(7(5-8)6-20)21-9-2-3-9/h1,4-5,9,20H,2-3,6H2. The van der Waals surface area contributed by atoms with E-state index in [1.165, 1.54) is 18.2 Å². The highest BCUT2D eigenvalue weighted by molar-refractivity contribution is 5.44. The first-order valence-corrected chi connectivity index (χ1v) is 6.25. The van der Waals surface area contributed by atoms with Crippen molar-refractivity contribution in [1.82, 2.24) is 20.2 Å². The molecule has 1 aromatic heterocycles. The van der Waals surface area contributed by atoms with Gasteiger partial charge in [-0.25, -0.2) is 0 Å². The van der Waals surface area contributed by atoms with Crippen molar-refractivity contribution >= 4 is 0 Å². The monoisotopic (exact) mass is 300 g/mol. The summed E-state index contributed by atoms with van der Waals surface area (Å²) in [5, 5.41) is 18.7. The van der Waals surface area contributed by atoms with E-state index in [9.17, 15) is 18.3 Å². The van der Waals surface area contributed by atoms with Crippen LogP contribution >= 0.6 is 0 Å². The van der Waals surface area contributed by atoms with Gasteiger partial charge in [-0.2, -0.15) is 17.9 Å². The van der Waals surface area contributed by atoms with Crippen molar-refractivity contribution in [2.45, 2.75) is 31.7 Å². The van der Waals surface area contributed by atoms with E-state index < -0.39 is 12.0 Å². The third-order valence-corrected chi connectivity index (χ3v) is 3.00. The van der Waals surface area contributed by atoms with Gasteiger partial charge in [-0.05, 0) is 41.5 Å². The maximum Gasteiger partial charge on any atom is 0.453 e. The van der Waals surface area contributed by atoms with E-state index in [1.54, 1.807) is 0 Å². The highest BCUT2D eigenvalue weighted by atomic mass is 19.4. The van der Waals surface area contributed by atoms with Crippen LogP contribution in [-0.4, -0.2) is 31.4 Å². The number of aliphatic hydroxyl groups is 1. The Kier molecular flexibility index (Phi) is 3.28. The second kappa shape index (κ2) is 4.99. The molecule has 1 aromatic carbocycles. The lowest BCUT2D eigenvalue weighted by atomic mass is 10.2. The highest BCUT2D eigenvalue weighted by Gasteiger charge is 2.38. The quantitative estimate of drug-likeness (QED) is 0.930. The molecule has 21 heavy (non-hydrogen) atoms. The Morgan fingerprint density at radius 3 is 2.71 bits per heavy atom. The number of aliphatic hydroxyl groups excluding tert-OH is 1. The van der Waals surface area contributed by atoms with Crippen LogP contribution in [0.25, 0.3) is 5.69 Å². The first kappa shape index (κ1) is 13.8. The minimum Gasteiger partial charge on any atom is -0.490 e. The van der Waals surface area contributed by atoms with Gasteiger partial charge in [0.05, 0.1) is 18.4 Å². The molecule has 2 aromatic rings. The number of aromatic nitrogens is 4. The Balaban J connectivity index is 1.97. The van der Waals surface area contributed by atoms with E-state index in [2.05, 4.69) is 15.5 Å². The number of alkyl halides is 3. The normalized spacial score (nSPS) is 15.2. The molecule has 0 aliphatic heterocycles. The van der Waals surface area contributed by atoms with Crippen LogP contribution in [0, 0.1) is 0 Å². The molecule has 0 bridgehead atoms. The lowest BCUT2D eigenvalue weighted by Crippen LogP contribution is -2.15. The van der Waals surface area contributed by atoms with Crippen molar-refractivity contribution in [3.05, 3.63) is 29.6 Å². The molecule has 1 saturated carbocycles. The van der Waals surface area contributed by atoms with Gasteiger partial charge in [-0.15, -0.1) is 5.10 Å². The van der Waals surface area contributed by atoms with Gasteiger partial charge in [-0.3, -0.25) is 0 Å². The second-order valence-electron chi connectivity index (χ2n) is 4.68. The average Bonchev–Trinajstić information content (AvgIpc) is 3.10. The SMILES string of the molecule is OCc1cc(-n2nnnc2C(F)(F)F)ccc1OC1CC1. The molecule has 9 heteroatoms. The fourth-order valence-electron chi connectivity index (χ4n) is 1.84. The van der Waals surface area contributed by atoms with Crippen molar-refractivity contribution in [2.75, 3.05) is 0 Å². The molecular weight excluding hydrogens is 289 g/mol. The van der Waals surface area contributed by atoms with Crippen molar-refractivity contribution in [3.63, 3.8) is 0 Å². The van der Waals surface area contributed by atoms with Crippen LogP contribution in [0.4, 0.5) is 13.2 Å². The summed E-state index contributed by atoms with van der Waals surface area (Å²) in [6.45, 7) is -0.348. The molecular formula is C12H11F3N4O2. The molecule has 0 saturated heterocycles. The van der Waals surface area contributed by atoms with E-state index in [0.29, 0.717) is 16.0 Å². The maximum absolute atomic E-state index is 12.8. The topological polar surface area (TPSA) is 73.1 Å². The van der Waals surface area contributed by atoms with E-state index in [-0.39, 0.29) is 18.4 Å². The van der Waals surface area contributed by atoms with Gasteiger partial charge in [0, 0.05) is 5.56 Å². The predicted octanol–water partition coefficient (Wildman–Crippen LogP) is 1.71. The van der Waals surface area contributed by atoms with Gasteiger partial charge >= 0.3 is 6.18 Å². The number of rotatable bonds is 4. The van der Waals surface area contributed by atoms with Crippen LogP contribution < -0.4 is 4.74 Å². The zero-order valence-corrected chi connectivity index (χ0v) is 10.7. The van der Waals surface area contributed by atoms with Crippen LogP contribution in [-0.2, 0) is 12.8 Å². The van der Waals surface area contributed by atoms with Crippen LogP contribution in [0.2, 0.25) is 0 Å². The molecule has 0 unspecified atom stereocenters. The van der Waals surface area contributed by atoms with Gasteiger partial charge in [0.15, 0.2) is 0 Å². The van der Waals surface area contributed by atoms with Gasteiger partial charge in [0.1, 0.15) is 5.75 Å². The first-order chi connectivity index (χ1) is 9.99. The molecule has 0 amide bonds. The highest BCUT2D eigenvalue weighted by Crippen LogP contribution is 2.32. The van der Waals surface area contributed by atoms with Crippen LogP contribution in [0.5, 0.6) is 5.75 Å². The average molecular weight is 300 g/mol. The number of ether oxygens (including phenoxy) is 1. The lowest BCUT2D eigenvalue weighted by molar-refractivity contribution is -0.146. The molecule has 3 rings (SSSR count). The Hall–Kier alpha value is -2.16. The molecule has 6 nitrogen and oxygen atoms in total. The van der Waals surface area contributed by atoms with Gasteiger partial charge in [-0.1, -0.05) is 0 Å². The number of benzene rings is 1. The third kappa shape index (κ3) is 2.82. The van der Waals surface area contributed by atoms with Crippen molar-refractivity contribution in [3.8, 4) is 11.4 Å². The summed E-state index contributed by atoms with van der Waals surface area (Å²) in [4.78, 5) is 0. The summed E-state index contributed by atoms with van der Waals surface area (Å²) in [5.74, 6) is -0.757. The fourth-order valence-corrected chi connectivity index (χ4v) is 1.84. The number of nitrogens with zero attached hydrogens (tertiary/aromatic N) is 4. The van der Waals surface area contributed by atoms with Crippen molar-refractivity contribution < 1.29 is 23.0 Å². The summed E-state index contributed by atoms with van der Waals surface area (Å²) in [5.41, 5.74) is 0.502. The third-order valence-electron chi connectivity index (χ3n) is 3.00. The van der Waals surface area contributed by atoms with Gasteiger partial charge < -0.3 is 9.84 Å².